The minimum Gasteiger partial charge on any atom is -0.483 e. The number of rotatable bonds is 4. The summed E-state index contributed by atoms with van der Waals surface area (Å²) in [6, 6.07) is 6.68. The van der Waals surface area contributed by atoms with Crippen LogP contribution < -0.4 is 4.74 Å². The first kappa shape index (κ1) is 11.6. The average Bonchev–Trinajstić information content (AvgIpc) is 2.76. The predicted molar refractivity (Wildman–Crippen MR) is 63.3 cm³/mol. The third kappa shape index (κ3) is 2.64. The molecule has 1 aromatic heterocycles. The molecule has 0 aliphatic rings. The van der Waals surface area contributed by atoms with E-state index in [-0.39, 0.29) is 18.2 Å². The van der Waals surface area contributed by atoms with Gasteiger partial charge in [0.2, 0.25) is 0 Å². The zero-order valence-corrected chi connectivity index (χ0v) is 9.93. The summed E-state index contributed by atoms with van der Waals surface area (Å²) in [5.41, 5.74) is 0. The number of imidazole rings is 1. The fraction of sp³-hybridized carbons (Fsp3) is 0.308. The van der Waals surface area contributed by atoms with Crippen molar-refractivity contribution in [3.8, 4) is 5.75 Å². The number of halogens is 1. The van der Waals surface area contributed by atoms with E-state index in [1.807, 2.05) is 10.8 Å². The molecule has 0 atom stereocenters. The maximum atomic E-state index is 13.3. The van der Waals surface area contributed by atoms with Gasteiger partial charge in [-0.25, -0.2) is 9.37 Å². The third-order valence-electron chi connectivity index (χ3n) is 2.50. The Balaban J connectivity index is 2.08. The Morgan fingerprint density at radius 1 is 1.35 bits per heavy atom. The number of ether oxygens (including phenoxy) is 1. The third-order valence-corrected chi connectivity index (χ3v) is 2.50. The highest BCUT2D eigenvalue weighted by atomic mass is 19.1. The Hall–Kier alpha value is -1.84. The molecule has 0 radical (unpaired) electrons. The maximum absolute atomic E-state index is 13.3. The van der Waals surface area contributed by atoms with E-state index in [0.29, 0.717) is 6.04 Å². The lowest BCUT2D eigenvalue weighted by Gasteiger charge is -2.12. The van der Waals surface area contributed by atoms with Crippen LogP contribution in [0.4, 0.5) is 4.39 Å². The van der Waals surface area contributed by atoms with E-state index in [2.05, 4.69) is 18.8 Å². The lowest BCUT2D eigenvalue weighted by Crippen LogP contribution is -2.08. The first-order valence-corrected chi connectivity index (χ1v) is 5.57. The quantitative estimate of drug-likeness (QED) is 0.812. The van der Waals surface area contributed by atoms with Gasteiger partial charge in [0.05, 0.1) is 0 Å². The van der Waals surface area contributed by atoms with Gasteiger partial charge in [0.25, 0.3) is 0 Å². The Morgan fingerprint density at radius 3 is 2.82 bits per heavy atom. The van der Waals surface area contributed by atoms with Crippen molar-refractivity contribution >= 4 is 0 Å². The van der Waals surface area contributed by atoms with Crippen LogP contribution in [-0.4, -0.2) is 9.55 Å². The molecule has 0 saturated carbocycles. The van der Waals surface area contributed by atoms with Crippen LogP contribution in [0.1, 0.15) is 25.7 Å². The minimum absolute atomic E-state index is 0.255. The standard InChI is InChI=1S/C13H15FN2O/c1-10(2)16-8-7-15-13(16)9-17-12-6-4-3-5-11(12)14/h3-8,10H,9H2,1-2H3. The first-order chi connectivity index (χ1) is 8.18. The number of benzene rings is 1. The molecular formula is C13H15FN2O. The number of hydrogen-bond acceptors (Lipinski definition) is 2. The van der Waals surface area contributed by atoms with Crippen LogP contribution in [0.3, 0.4) is 0 Å². The molecule has 17 heavy (non-hydrogen) atoms. The first-order valence-electron chi connectivity index (χ1n) is 5.57. The van der Waals surface area contributed by atoms with Gasteiger partial charge in [0, 0.05) is 18.4 Å². The summed E-state index contributed by atoms with van der Waals surface area (Å²) < 4.78 is 20.7. The van der Waals surface area contributed by atoms with Crippen molar-refractivity contribution < 1.29 is 9.13 Å². The topological polar surface area (TPSA) is 27.1 Å². The molecule has 0 fully saturated rings. The molecule has 0 amide bonds. The Labute approximate surface area is 99.9 Å². The second-order valence-corrected chi connectivity index (χ2v) is 4.06. The zero-order chi connectivity index (χ0) is 12.3. The number of nitrogens with zero attached hydrogens (tertiary/aromatic N) is 2. The number of para-hydroxylation sites is 1. The van der Waals surface area contributed by atoms with Gasteiger partial charge in [0.1, 0.15) is 12.4 Å². The van der Waals surface area contributed by atoms with Crippen molar-refractivity contribution in [3.05, 3.63) is 48.3 Å². The summed E-state index contributed by atoms with van der Waals surface area (Å²) in [6.07, 6.45) is 3.62. The highest BCUT2D eigenvalue weighted by Gasteiger charge is 2.08. The van der Waals surface area contributed by atoms with Crippen molar-refractivity contribution in [2.75, 3.05) is 0 Å². The monoisotopic (exact) mass is 234 g/mol. The van der Waals surface area contributed by atoms with E-state index in [0.717, 1.165) is 5.82 Å². The molecule has 2 rings (SSSR count). The molecule has 1 heterocycles. The predicted octanol–water partition coefficient (Wildman–Crippen LogP) is 3.18. The lowest BCUT2D eigenvalue weighted by molar-refractivity contribution is 0.273. The molecule has 3 nitrogen and oxygen atoms in total. The largest absolute Gasteiger partial charge is 0.483 e. The molecule has 0 saturated heterocycles. The van der Waals surface area contributed by atoms with Gasteiger partial charge >= 0.3 is 0 Å². The van der Waals surface area contributed by atoms with Gasteiger partial charge in [-0.3, -0.25) is 0 Å². The van der Waals surface area contributed by atoms with Gasteiger partial charge in [-0.05, 0) is 26.0 Å². The Morgan fingerprint density at radius 2 is 2.12 bits per heavy atom. The second kappa shape index (κ2) is 4.99. The van der Waals surface area contributed by atoms with Gasteiger partial charge in [-0.15, -0.1) is 0 Å². The van der Waals surface area contributed by atoms with Crippen LogP contribution >= 0.6 is 0 Å². The molecule has 2 aromatic rings. The molecule has 0 spiro atoms. The summed E-state index contributed by atoms with van der Waals surface area (Å²) in [6.45, 7) is 4.40. The van der Waals surface area contributed by atoms with Crippen LogP contribution in [0.25, 0.3) is 0 Å². The maximum Gasteiger partial charge on any atom is 0.165 e. The van der Waals surface area contributed by atoms with Crippen molar-refractivity contribution in [2.45, 2.75) is 26.5 Å². The molecular weight excluding hydrogens is 219 g/mol. The smallest absolute Gasteiger partial charge is 0.165 e. The van der Waals surface area contributed by atoms with Crippen LogP contribution in [0.15, 0.2) is 36.7 Å². The van der Waals surface area contributed by atoms with Crippen LogP contribution in [0.5, 0.6) is 5.75 Å². The van der Waals surface area contributed by atoms with Crippen molar-refractivity contribution in [1.82, 2.24) is 9.55 Å². The fourth-order valence-corrected chi connectivity index (χ4v) is 1.63. The van der Waals surface area contributed by atoms with Gasteiger partial charge in [0.15, 0.2) is 11.6 Å². The molecule has 0 unspecified atom stereocenters. The molecule has 90 valence electrons. The highest BCUT2D eigenvalue weighted by molar-refractivity contribution is 5.23. The molecule has 1 aromatic carbocycles. The van der Waals surface area contributed by atoms with Gasteiger partial charge < -0.3 is 9.30 Å². The normalized spacial score (nSPS) is 10.8. The number of hydrogen-bond donors (Lipinski definition) is 0. The van der Waals surface area contributed by atoms with E-state index in [4.69, 9.17) is 4.74 Å². The van der Waals surface area contributed by atoms with E-state index in [1.54, 1.807) is 24.4 Å². The summed E-state index contributed by atoms with van der Waals surface area (Å²) in [7, 11) is 0. The Bertz CT molecular complexity index is 494. The van der Waals surface area contributed by atoms with E-state index in [1.165, 1.54) is 6.07 Å². The SMILES string of the molecule is CC(C)n1ccnc1COc1ccccc1F. The van der Waals surface area contributed by atoms with E-state index in [9.17, 15) is 4.39 Å². The minimum atomic E-state index is -0.352. The van der Waals surface area contributed by atoms with Gasteiger partial charge in [-0.1, -0.05) is 12.1 Å². The second-order valence-electron chi connectivity index (χ2n) is 4.06. The fourth-order valence-electron chi connectivity index (χ4n) is 1.63. The molecule has 4 heteroatoms. The summed E-state index contributed by atoms with van der Waals surface area (Å²) in [4.78, 5) is 4.20. The van der Waals surface area contributed by atoms with Crippen molar-refractivity contribution in [2.24, 2.45) is 0 Å². The molecule has 0 aliphatic carbocycles. The summed E-state index contributed by atoms with van der Waals surface area (Å²) in [5.74, 6) is 0.698. The zero-order valence-electron chi connectivity index (χ0n) is 9.93. The highest BCUT2D eigenvalue weighted by Crippen LogP contribution is 2.17. The molecule has 0 aliphatic heterocycles. The lowest BCUT2D eigenvalue weighted by atomic mass is 10.3. The van der Waals surface area contributed by atoms with Crippen LogP contribution in [0, 0.1) is 5.82 Å². The molecule has 0 N–H and O–H groups in total. The van der Waals surface area contributed by atoms with E-state index < -0.39 is 0 Å². The van der Waals surface area contributed by atoms with Crippen molar-refractivity contribution in [3.63, 3.8) is 0 Å². The summed E-state index contributed by atoms with van der Waals surface area (Å²) >= 11 is 0. The molecule has 0 bridgehead atoms. The van der Waals surface area contributed by atoms with Crippen LogP contribution in [-0.2, 0) is 6.61 Å². The number of aromatic nitrogens is 2. The Kier molecular flexibility index (Phi) is 3.42. The van der Waals surface area contributed by atoms with Gasteiger partial charge in [-0.2, -0.15) is 0 Å². The average molecular weight is 234 g/mol. The van der Waals surface area contributed by atoms with Crippen molar-refractivity contribution in [1.29, 1.82) is 0 Å². The summed E-state index contributed by atoms with van der Waals surface area (Å²) in [5, 5.41) is 0. The van der Waals surface area contributed by atoms with Crippen LogP contribution in [0.2, 0.25) is 0 Å². The van der Waals surface area contributed by atoms with E-state index >= 15 is 0 Å².